The van der Waals surface area contributed by atoms with Gasteiger partial charge in [-0.15, -0.1) is 0 Å². The van der Waals surface area contributed by atoms with Crippen LogP contribution in [0.5, 0.6) is 5.75 Å². The Morgan fingerprint density at radius 3 is 1.74 bits per heavy atom. The molecule has 0 radical (unpaired) electrons. The Kier molecular flexibility index (Phi) is 13.7. The maximum absolute atomic E-state index is 12.3. The van der Waals surface area contributed by atoms with Crippen LogP contribution in [0.2, 0.25) is 0 Å². The van der Waals surface area contributed by atoms with Gasteiger partial charge in [-0.1, -0.05) is 132 Å². The fourth-order valence-electron chi connectivity index (χ4n) is 4.92. The minimum Gasteiger partial charge on any atom is -0.494 e. The van der Waals surface area contributed by atoms with Gasteiger partial charge in [0.25, 0.3) is 0 Å². The third-order valence-electron chi connectivity index (χ3n) is 7.34. The molecular formula is C36H48O3. The summed E-state index contributed by atoms with van der Waals surface area (Å²) in [6, 6.07) is 25.3. The maximum Gasteiger partial charge on any atom is 0.306 e. The van der Waals surface area contributed by atoms with Gasteiger partial charge in [-0.3, -0.25) is 4.79 Å². The van der Waals surface area contributed by atoms with Crippen molar-refractivity contribution in [3.05, 3.63) is 78.4 Å². The number of carbonyl (C=O) groups is 1. The van der Waals surface area contributed by atoms with Crippen LogP contribution in [0.15, 0.2) is 72.8 Å². The zero-order valence-electron chi connectivity index (χ0n) is 24.4. The van der Waals surface area contributed by atoms with Crippen LogP contribution in [-0.2, 0) is 9.53 Å². The normalized spacial score (nSPS) is 11.8. The van der Waals surface area contributed by atoms with E-state index in [4.69, 9.17) is 9.47 Å². The summed E-state index contributed by atoms with van der Waals surface area (Å²) in [4.78, 5) is 12.3. The maximum atomic E-state index is 12.3. The molecule has 0 saturated heterocycles. The number of benzene rings is 3. The monoisotopic (exact) mass is 528 g/mol. The van der Waals surface area contributed by atoms with Crippen LogP contribution in [0.3, 0.4) is 0 Å². The number of hydrogen-bond donors (Lipinski definition) is 0. The molecule has 0 saturated carbocycles. The number of unbranched alkanes of at least 4 members (excludes halogenated alkanes) is 9. The molecule has 39 heavy (non-hydrogen) atoms. The number of rotatable bonds is 18. The molecule has 0 aliphatic rings. The Morgan fingerprint density at radius 1 is 0.641 bits per heavy atom. The summed E-state index contributed by atoms with van der Waals surface area (Å²) in [5, 5.41) is 0. The highest BCUT2D eigenvalue weighted by atomic mass is 16.5. The van der Waals surface area contributed by atoms with Crippen molar-refractivity contribution in [2.45, 2.75) is 104 Å². The molecule has 1 atom stereocenters. The number of carbonyl (C=O) groups excluding carboxylic acids is 1. The first-order valence-corrected chi connectivity index (χ1v) is 15.2. The van der Waals surface area contributed by atoms with Crippen LogP contribution in [0.4, 0.5) is 0 Å². The summed E-state index contributed by atoms with van der Waals surface area (Å²) < 4.78 is 11.7. The van der Waals surface area contributed by atoms with E-state index in [1.165, 1.54) is 68.1 Å². The lowest BCUT2D eigenvalue weighted by Crippen LogP contribution is -2.08. The number of esters is 1. The first kappa shape index (κ1) is 30.5. The molecule has 1 unspecified atom stereocenters. The lowest BCUT2D eigenvalue weighted by molar-refractivity contribution is -0.148. The molecule has 0 aromatic heterocycles. The molecule has 0 bridgehead atoms. The van der Waals surface area contributed by atoms with E-state index < -0.39 is 0 Å². The van der Waals surface area contributed by atoms with Gasteiger partial charge in [0, 0.05) is 6.42 Å². The van der Waals surface area contributed by atoms with Crippen molar-refractivity contribution >= 4 is 5.97 Å². The van der Waals surface area contributed by atoms with Gasteiger partial charge in [-0.25, -0.2) is 0 Å². The number of hydrogen-bond acceptors (Lipinski definition) is 3. The lowest BCUT2D eigenvalue weighted by Gasteiger charge is -2.15. The zero-order chi connectivity index (χ0) is 27.7. The second kappa shape index (κ2) is 17.5. The van der Waals surface area contributed by atoms with Gasteiger partial charge in [0.15, 0.2) is 0 Å². The van der Waals surface area contributed by atoms with Gasteiger partial charge in [-0.05, 0) is 59.7 Å². The van der Waals surface area contributed by atoms with Crippen LogP contribution in [0.25, 0.3) is 22.3 Å². The third kappa shape index (κ3) is 10.5. The Hall–Kier alpha value is -3.07. The van der Waals surface area contributed by atoms with Gasteiger partial charge in [-0.2, -0.15) is 0 Å². The van der Waals surface area contributed by atoms with E-state index in [0.717, 1.165) is 42.7 Å². The van der Waals surface area contributed by atoms with Crippen molar-refractivity contribution in [3.8, 4) is 28.0 Å². The summed E-state index contributed by atoms with van der Waals surface area (Å²) >= 11 is 0. The molecule has 0 aliphatic heterocycles. The molecule has 0 spiro atoms. The van der Waals surface area contributed by atoms with Gasteiger partial charge >= 0.3 is 5.97 Å². The van der Waals surface area contributed by atoms with E-state index in [0.29, 0.717) is 6.42 Å². The van der Waals surface area contributed by atoms with Crippen molar-refractivity contribution in [3.63, 3.8) is 0 Å². The quantitative estimate of drug-likeness (QED) is 0.122. The highest BCUT2D eigenvalue weighted by Gasteiger charge is 2.13. The Labute approximate surface area is 237 Å². The molecule has 3 heteroatoms. The van der Waals surface area contributed by atoms with E-state index in [-0.39, 0.29) is 12.1 Å². The molecule has 3 rings (SSSR count). The van der Waals surface area contributed by atoms with Crippen LogP contribution < -0.4 is 4.74 Å². The third-order valence-corrected chi connectivity index (χ3v) is 7.34. The molecule has 0 heterocycles. The summed E-state index contributed by atoms with van der Waals surface area (Å²) in [6.07, 6.45) is 13.5. The average molecular weight is 529 g/mol. The molecule has 0 aliphatic carbocycles. The molecule has 0 fully saturated rings. The summed E-state index contributed by atoms with van der Waals surface area (Å²) in [5.41, 5.74) is 5.70. The Bertz CT molecular complexity index is 1090. The topological polar surface area (TPSA) is 35.5 Å². The standard InChI is InChI=1S/C36H48O3/c1-4-6-8-10-11-12-13-19-36(37)39-29(3)30-20-22-31(23-21-30)34-17-14-15-18-35(34)32-24-26-33(27-25-32)38-28-16-9-7-5-2/h14-15,17-18,20-27,29H,4-13,16,19,28H2,1-3H3. The second-order valence-electron chi connectivity index (χ2n) is 10.6. The molecule has 0 amide bonds. The largest absolute Gasteiger partial charge is 0.494 e. The van der Waals surface area contributed by atoms with E-state index in [9.17, 15) is 4.79 Å². The van der Waals surface area contributed by atoms with Crippen molar-refractivity contribution in [1.29, 1.82) is 0 Å². The van der Waals surface area contributed by atoms with Gasteiger partial charge in [0.1, 0.15) is 11.9 Å². The van der Waals surface area contributed by atoms with E-state index in [2.05, 4.69) is 86.6 Å². The molecule has 210 valence electrons. The molecule has 3 aromatic carbocycles. The predicted molar refractivity (Wildman–Crippen MR) is 164 cm³/mol. The van der Waals surface area contributed by atoms with E-state index in [1.807, 2.05) is 6.92 Å². The van der Waals surface area contributed by atoms with E-state index >= 15 is 0 Å². The van der Waals surface area contributed by atoms with Crippen LogP contribution in [-0.4, -0.2) is 12.6 Å². The van der Waals surface area contributed by atoms with Crippen LogP contribution in [0.1, 0.15) is 109 Å². The van der Waals surface area contributed by atoms with Crippen LogP contribution >= 0.6 is 0 Å². The zero-order valence-corrected chi connectivity index (χ0v) is 24.4. The minimum absolute atomic E-state index is 0.0983. The average Bonchev–Trinajstić information content (AvgIpc) is 2.97. The lowest BCUT2D eigenvalue weighted by atomic mass is 9.93. The Balaban J connectivity index is 1.54. The summed E-state index contributed by atoms with van der Waals surface area (Å²) in [6.45, 7) is 7.19. The summed E-state index contributed by atoms with van der Waals surface area (Å²) in [5.74, 6) is 0.825. The fraction of sp³-hybridized carbons (Fsp3) is 0.472. The van der Waals surface area contributed by atoms with Crippen molar-refractivity contribution in [1.82, 2.24) is 0 Å². The fourth-order valence-corrected chi connectivity index (χ4v) is 4.92. The SMILES string of the molecule is CCCCCCCCCC(=O)OC(C)c1ccc(-c2ccccc2-c2ccc(OCCCCCC)cc2)cc1. The molecule has 3 aromatic rings. The first-order chi connectivity index (χ1) is 19.1. The van der Waals surface area contributed by atoms with E-state index in [1.54, 1.807) is 0 Å². The van der Waals surface area contributed by atoms with Crippen molar-refractivity contribution in [2.75, 3.05) is 6.61 Å². The molecular weight excluding hydrogens is 480 g/mol. The van der Waals surface area contributed by atoms with Crippen molar-refractivity contribution < 1.29 is 14.3 Å². The smallest absolute Gasteiger partial charge is 0.306 e. The van der Waals surface area contributed by atoms with Crippen molar-refractivity contribution in [2.24, 2.45) is 0 Å². The first-order valence-electron chi connectivity index (χ1n) is 15.2. The Morgan fingerprint density at radius 2 is 1.15 bits per heavy atom. The predicted octanol–water partition coefficient (Wildman–Crippen LogP) is 10.7. The van der Waals surface area contributed by atoms with Gasteiger partial charge in [0.05, 0.1) is 6.61 Å². The summed E-state index contributed by atoms with van der Waals surface area (Å²) in [7, 11) is 0. The highest BCUT2D eigenvalue weighted by molar-refractivity contribution is 5.83. The minimum atomic E-state index is -0.249. The van der Waals surface area contributed by atoms with Gasteiger partial charge in [0.2, 0.25) is 0 Å². The van der Waals surface area contributed by atoms with Gasteiger partial charge < -0.3 is 9.47 Å². The molecule has 3 nitrogen and oxygen atoms in total. The second-order valence-corrected chi connectivity index (χ2v) is 10.6. The molecule has 0 N–H and O–H groups in total. The highest BCUT2D eigenvalue weighted by Crippen LogP contribution is 2.33. The number of ether oxygens (including phenoxy) is 2. The van der Waals surface area contributed by atoms with Crippen LogP contribution in [0, 0.1) is 0 Å².